The fraction of sp³-hybridized carbons (Fsp3) is 0.727. The van der Waals surface area contributed by atoms with Gasteiger partial charge in [-0.2, -0.15) is 5.10 Å². The van der Waals surface area contributed by atoms with Crippen LogP contribution in [0.25, 0.3) is 0 Å². The third kappa shape index (κ3) is 3.14. The summed E-state index contributed by atoms with van der Waals surface area (Å²) in [6, 6.07) is 0. The van der Waals surface area contributed by atoms with Gasteiger partial charge in [-0.3, -0.25) is 4.68 Å². The van der Waals surface area contributed by atoms with E-state index in [2.05, 4.69) is 18.9 Å². The van der Waals surface area contributed by atoms with Gasteiger partial charge in [-0.05, 0) is 18.8 Å². The highest BCUT2D eigenvalue weighted by Crippen LogP contribution is 2.15. The SMILES string of the molecule is CCC(O)c1cnn(CCC(C)C)c1. The Morgan fingerprint density at radius 2 is 2.21 bits per heavy atom. The van der Waals surface area contributed by atoms with E-state index >= 15 is 0 Å². The Morgan fingerprint density at radius 1 is 1.50 bits per heavy atom. The summed E-state index contributed by atoms with van der Waals surface area (Å²) in [5.41, 5.74) is 0.927. The zero-order chi connectivity index (χ0) is 10.6. The molecule has 0 aliphatic carbocycles. The van der Waals surface area contributed by atoms with E-state index in [4.69, 9.17) is 0 Å². The molecule has 0 aromatic carbocycles. The lowest BCUT2D eigenvalue weighted by molar-refractivity contribution is 0.173. The van der Waals surface area contributed by atoms with Crippen molar-refractivity contribution in [3.05, 3.63) is 18.0 Å². The quantitative estimate of drug-likeness (QED) is 0.785. The summed E-state index contributed by atoms with van der Waals surface area (Å²) in [7, 11) is 0. The fourth-order valence-electron chi connectivity index (χ4n) is 1.30. The highest BCUT2D eigenvalue weighted by molar-refractivity contribution is 5.07. The van der Waals surface area contributed by atoms with Crippen LogP contribution in [0.2, 0.25) is 0 Å². The van der Waals surface area contributed by atoms with Gasteiger partial charge in [0, 0.05) is 18.3 Å². The molecule has 0 bridgehead atoms. The van der Waals surface area contributed by atoms with Gasteiger partial charge < -0.3 is 5.11 Å². The van der Waals surface area contributed by atoms with Crippen molar-refractivity contribution < 1.29 is 5.11 Å². The van der Waals surface area contributed by atoms with Crippen LogP contribution < -0.4 is 0 Å². The lowest BCUT2D eigenvalue weighted by Crippen LogP contribution is -2.01. The first-order valence-electron chi connectivity index (χ1n) is 5.34. The van der Waals surface area contributed by atoms with Gasteiger partial charge in [-0.15, -0.1) is 0 Å². The summed E-state index contributed by atoms with van der Waals surface area (Å²) >= 11 is 0. The molecule has 1 atom stereocenters. The van der Waals surface area contributed by atoms with Crippen molar-refractivity contribution in [2.45, 2.75) is 46.3 Å². The summed E-state index contributed by atoms with van der Waals surface area (Å²) < 4.78 is 1.91. The molecular weight excluding hydrogens is 176 g/mol. The molecule has 3 heteroatoms. The van der Waals surface area contributed by atoms with Gasteiger partial charge in [0.05, 0.1) is 12.3 Å². The molecule has 0 aliphatic rings. The molecule has 0 amide bonds. The van der Waals surface area contributed by atoms with Crippen LogP contribution in [-0.4, -0.2) is 14.9 Å². The van der Waals surface area contributed by atoms with Gasteiger partial charge in [0.25, 0.3) is 0 Å². The van der Waals surface area contributed by atoms with Crippen molar-refractivity contribution in [1.82, 2.24) is 9.78 Å². The van der Waals surface area contributed by atoms with E-state index in [1.54, 1.807) is 6.20 Å². The van der Waals surface area contributed by atoms with Crippen molar-refractivity contribution in [3.63, 3.8) is 0 Å². The lowest BCUT2D eigenvalue weighted by atomic mass is 10.1. The zero-order valence-corrected chi connectivity index (χ0v) is 9.27. The molecule has 0 fully saturated rings. The molecule has 0 radical (unpaired) electrons. The Bertz CT molecular complexity index is 268. The lowest BCUT2D eigenvalue weighted by Gasteiger charge is -2.05. The van der Waals surface area contributed by atoms with Crippen LogP contribution in [0.3, 0.4) is 0 Å². The minimum atomic E-state index is -0.359. The van der Waals surface area contributed by atoms with E-state index in [0.717, 1.165) is 24.9 Å². The summed E-state index contributed by atoms with van der Waals surface area (Å²) in [6.45, 7) is 7.31. The number of rotatable bonds is 5. The van der Waals surface area contributed by atoms with Gasteiger partial charge in [-0.25, -0.2) is 0 Å². The predicted octanol–water partition coefficient (Wildman–Crippen LogP) is 2.37. The van der Waals surface area contributed by atoms with E-state index in [-0.39, 0.29) is 6.10 Å². The number of nitrogens with zero attached hydrogens (tertiary/aromatic N) is 2. The van der Waals surface area contributed by atoms with Crippen molar-refractivity contribution in [3.8, 4) is 0 Å². The van der Waals surface area contributed by atoms with Crippen LogP contribution >= 0.6 is 0 Å². The van der Waals surface area contributed by atoms with Crippen LogP contribution in [0.4, 0.5) is 0 Å². The molecule has 1 heterocycles. The Hall–Kier alpha value is -0.830. The minimum absolute atomic E-state index is 0.359. The predicted molar refractivity (Wildman–Crippen MR) is 56.9 cm³/mol. The summed E-state index contributed by atoms with van der Waals surface area (Å²) in [6.07, 6.45) is 5.22. The van der Waals surface area contributed by atoms with Gasteiger partial charge in [0.15, 0.2) is 0 Å². The number of aliphatic hydroxyl groups excluding tert-OH is 1. The van der Waals surface area contributed by atoms with Crippen LogP contribution in [0, 0.1) is 5.92 Å². The van der Waals surface area contributed by atoms with E-state index in [9.17, 15) is 5.11 Å². The molecule has 0 spiro atoms. The molecule has 0 aliphatic heterocycles. The van der Waals surface area contributed by atoms with Crippen molar-refractivity contribution >= 4 is 0 Å². The van der Waals surface area contributed by atoms with E-state index in [1.807, 2.05) is 17.8 Å². The second-order valence-corrected chi connectivity index (χ2v) is 4.14. The summed E-state index contributed by atoms with van der Waals surface area (Å²) in [5, 5.41) is 13.8. The largest absolute Gasteiger partial charge is 0.388 e. The average Bonchev–Trinajstić information content (AvgIpc) is 2.62. The molecule has 1 rings (SSSR count). The van der Waals surface area contributed by atoms with Crippen molar-refractivity contribution in [1.29, 1.82) is 0 Å². The molecule has 14 heavy (non-hydrogen) atoms. The Morgan fingerprint density at radius 3 is 2.79 bits per heavy atom. The fourth-order valence-corrected chi connectivity index (χ4v) is 1.30. The normalized spacial score (nSPS) is 13.5. The van der Waals surface area contributed by atoms with E-state index < -0.39 is 0 Å². The number of hydrogen-bond donors (Lipinski definition) is 1. The molecule has 0 saturated carbocycles. The van der Waals surface area contributed by atoms with Crippen molar-refractivity contribution in [2.24, 2.45) is 5.92 Å². The Labute approximate surface area is 85.8 Å². The molecule has 1 N–H and O–H groups in total. The van der Waals surface area contributed by atoms with Crippen LogP contribution in [0.5, 0.6) is 0 Å². The summed E-state index contributed by atoms with van der Waals surface area (Å²) in [5.74, 6) is 0.693. The molecule has 0 saturated heterocycles. The van der Waals surface area contributed by atoms with Crippen LogP contribution in [0.1, 0.15) is 45.3 Å². The van der Waals surface area contributed by atoms with Gasteiger partial charge in [0.1, 0.15) is 0 Å². The average molecular weight is 196 g/mol. The molecule has 1 aromatic heterocycles. The maximum Gasteiger partial charge on any atom is 0.0817 e. The maximum atomic E-state index is 9.57. The number of aliphatic hydroxyl groups is 1. The van der Waals surface area contributed by atoms with Gasteiger partial charge >= 0.3 is 0 Å². The monoisotopic (exact) mass is 196 g/mol. The Balaban J connectivity index is 2.50. The third-order valence-electron chi connectivity index (χ3n) is 2.36. The standard InChI is InChI=1S/C11H20N2O/c1-4-11(14)10-7-12-13(8-10)6-5-9(2)3/h7-9,11,14H,4-6H2,1-3H3. The maximum absolute atomic E-state index is 9.57. The second-order valence-electron chi connectivity index (χ2n) is 4.14. The summed E-state index contributed by atoms with van der Waals surface area (Å²) in [4.78, 5) is 0. The third-order valence-corrected chi connectivity index (χ3v) is 2.36. The number of aryl methyl sites for hydroxylation is 1. The first-order chi connectivity index (χ1) is 6.63. The molecular formula is C11H20N2O. The van der Waals surface area contributed by atoms with E-state index in [0.29, 0.717) is 5.92 Å². The van der Waals surface area contributed by atoms with Crippen molar-refractivity contribution in [2.75, 3.05) is 0 Å². The van der Waals surface area contributed by atoms with Crippen LogP contribution in [-0.2, 0) is 6.54 Å². The second kappa shape index (κ2) is 5.15. The highest BCUT2D eigenvalue weighted by atomic mass is 16.3. The highest BCUT2D eigenvalue weighted by Gasteiger charge is 2.07. The number of hydrogen-bond acceptors (Lipinski definition) is 2. The topological polar surface area (TPSA) is 38.1 Å². The first kappa shape index (κ1) is 11.2. The number of aromatic nitrogens is 2. The Kier molecular flexibility index (Phi) is 4.14. The van der Waals surface area contributed by atoms with Gasteiger partial charge in [-0.1, -0.05) is 20.8 Å². The molecule has 1 aromatic rings. The molecule has 1 unspecified atom stereocenters. The first-order valence-corrected chi connectivity index (χ1v) is 5.34. The van der Waals surface area contributed by atoms with Crippen LogP contribution in [0.15, 0.2) is 12.4 Å². The van der Waals surface area contributed by atoms with E-state index in [1.165, 1.54) is 0 Å². The van der Waals surface area contributed by atoms with Gasteiger partial charge in [0.2, 0.25) is 0 Å². The smallest absolute Gasteiger partial charge is 0.0817 e. The molecule has 3 nitrogen and oxygen atoms in total. The molecule has 80 valence electrons. The zero-order valence-electron chi connectivity index (χ0n) is 9.27. The minimum Gasteiger partial charge on any atom is -0.388 e.